The van der Waals surface area contributed by atoms with E-state index < -0.39 is 64.5 Å². The van der Waals surface area contributed by atoms with E-state index in [4.69, 9.17) is 19.3 Å². The van der Waals surface area contributed by atoms with Crippen LogP contribution in [0.5, 0.6) is 11.5 Å². The largest absolute Gasteiger partial charge is 0.478 e. The minimum atomic E-state index is -1.94. The van der Waals surface area contributed by atoms with Gasteiger partial charge in [-0.1, -0.05) is 125 Å². The number of carboxylic acid groups (broad SMARTS) is 2. The molecule has 1 saturated heterocycles. The van der Waals surface area contributed by atoms with Gasteiger partial charge in [-0.15, -0.1) is 33.3 Å². The number of fused-ring (bicyclic) bond motifs is 1. The number of anilines is 1. The average Bonchev–Trinajstić information content (AvgIpc) is 4.00. The van der Waals surface area contributed by atoms with E-state index in [2.05, 4.69) is 26.0 Å². The summed E-state index contributed by atoms with van der Waals surface area (Å²) >= 11 is 4.97. The predicted octanol–water partition coefficient (Wildman–Crippen LogP) is 7.15. The Morgan fingerprint density at radius 1 is 0.871 bits per heavy atom. The summed E-state index contributed by atoms with van der Waals surface area (Å²) < 4.78 is 11.0. The van der Waals surface area contributed by atoms with E-state index in [1.807, 2.05) is 97.9 Å². The number of aromatic nitrogens is 3. The first-order valence-electron chi connectivity index (χ1n) is 21.0. The molecule has 4 aromatic carbocycles. The molecule has 2 amide bonds. The van der Waals surface area contributed by atoms with Crippen molar-refractivity contribution in [1.82, 2.24) is 25.4 Å². The van der Waals surface area contributed by atoms with Crippen LogP contribution in [0.2, 0.25) is 0 Å². The van der Waals surface area contributed by atoms with Crippen LogP contribution in [0.25, 0.3) is 0 Å². The van der Waals surface area contributed by atoms with Crippen LogP contribution in [-0.2, 0) is 39.1 Å². The number of oxime groups is 1. The highest BCUT2D eigenvalue weighted by Crippen LogP contribution is 2.43. The van der Waals surface area contributed by atoms with Crippen molar-refractivity contribution in [2.24, 2.45) is 5.16 Å². The smallest absolute Gasteiger partial charge is 0.352 e. The van der Waals surface area contributed by atoms with Gasteiger partial charge in [0.2, 0.25) is 6.10 Å². The molecule has 70 heavy (non-hydrogen) atoms. The SMILES string of the molecule is CC(=O)Oc1ccc([C@@H](O/N=C(\C(=O)N[C@@H]2C(=O)N3C(C(=O)O)=C(/C=C/Sc4nnc(C)s4)CS[C@@H]23)c2csc(NC(c3ccccc3)(c3ccccc3)c3ccccc3)n2)C(=O)O)cc1OC(C)=O. The molecule has 0 bridgehead atoms. The number of benzene rings is 4. The maximum atomic E-state index is 14.6. The van der Waals surface area contributed by atoms with Crippen molar-refractivity contribution in [3.05, 3.63) is 170 Å². The number of carbonyl (C=O) groups is 6. The van der Waals surface area contributed by atoms with Crippen molar-refractivity contribution in [1.29, 1.82) is 0 Å². The Morgan fingerprint density at radius 3 is 2.04 bits per heavy atom. The molecule has 4 N–H and O–H groups in total. The van der Waals surface area contributed by atoms with Crippen LogP contribution < -0.4 is 20.1 Å². The number of amides is 2. The average molecular weight is 1020 g/mol. The standard InChI is InChI=1S/C48H39N7O11S4/c1-26-52-53-47(70-26)67-22-21-30-24-68-43-38(42(59)55(43)39(30)44(60)61)50-41(58)37(54-66-40(45(62)63)29-19-20-35(64-27(2)56)36(23-29)65-28(3)57)34-25-69-46(49-34)51-48(31-13-7-4-8-14-31,32-15-9-5-10-16-32)33-17-11-6-12-18-33/h4-23,25,38,40,43H,24H2,1-3H3,(H,49,51)(H,50,58)(H,60,61)(H,62,63)/b22-21+,54-37-/t38-,40-,43+/m1/s1. The Morgan fingerprint density at radius 2 is 1.49 bits per heavy atom. The first-order chi connectivity index (χ1) is 33.7. The number of thioether (sulfide) groups is 2. The molecule has 2 aliphatic heterocycles. The van der Waals surface area contributed by atoms with Gasteiger partial charge in [-0.25, -0.2) is 14.6 Å². The second-order valence-corrected chi connectivity index (χ2v) is 19.5. The molecule has 6 aromatic rings. The molecule has 22 heteroatoms. The van der Waals surface area contributed by atoms with E-state index in [0.29, 0.717) is 15.0 Å². The van der Waals surface area contributed by atoms with Gasteiger partial charge in [-0.3, -0.25) is 24.1 Å². The van der Waals surface area contributed by atoms with Crippen LogP contribution in [0, 0.1) is 6.92 Å². The third-order valence-electron chi connectivity index (χ3n) is 10.6. The fourth-order valence-corrected chi connectivity index (χ4v) is 11.2. The monoisotopic (exact) mass is 1020 g/mol. The van der Waals surface area contributed by atoms with Crippen LogP contribution in [0.3, 0.4) is 0 Å². The third-order valence-corrected chi connectivity index (χ3v) is 14.3. The van der Waals surface area contributed by atoms with Crippen molar-refractivity contribution in [3.63, 3.8) is 0 Å². The number of carbonyl (C=O) groups excluding carboxylic acids is 4. The molecule has 18 nitrogen and oxygen atoms in total. The number of ether oxygens (including phenoxy) is 2. The molecule has 3 atom stereocenters. The zero-order valence-electron chi connectivity index (χ0n) is 37.0. The fraction of sp³-hybridized carbons (Fsp3) is 0.167. The Bertz CT molecular complexity index is 2980. The molecule has 356 valence electrons. The topological polar surface area (TPSA) is 249 Å². The van der Waals surface area contributed by atoms with Crippen molar-refractivity contribution >= 4 is 92.7 Å². The lowest BCUT2D eigenvalue weighted by atomic mass is 9.77. The molecule has 1 fully saturated rings. The summed E-state index contributed by atoms with van der Waals surface area (Å²) in [5.74, 6) is -6.44. The van der Waals surface area contributed by atoms with E-state index in [0.717, 1.165) is 57.8 Å². The van der Waals surface area contributed by atoms with E-state index in [9.17, 15) is 39.0 Å². The first kappa shape index (κ1) is 48.8. The highest BCUT2D eigenvalue weighted by atomic mass is 32.2. The zero-order valence-corrected chi connectivity index (χ0v) is 40.3. The van der Waals surface area contributed by atoms with Crippen LogP contribution in [0.15, 0.2) is 147 Å². The summed E-state index contributed by atoms with van der Waals surface area (Å²) in [6.07, 6.45) is -0.344. The molecule has 8 rings (SSSR count). The number of β-lactam (4-membered cyclic amide) rings is 1. The van der Waals surface area contributed by atoms with Crippen LogP contribution in [0.1, 0.15) is 52.9 Å². The Kier molecular flexibility index (Phi) is 14.9. The van der Waals surface area contributed by atoms with E-state index in [1.54, 1.807) is 11.5 Å². The van der Waals surface area contributed by atoms with E-state index in [1.165, 1.54) is 52.4 Å². The molecule has 2 aromatic heterocycles. The molecule has 0 radical (unpaired) electrons. The van der Waals surface area contributed by atoms with Gasteiger partial charge < -0.3 is 35.2 Å². The molecule has 0 aliphatic carbocycles. The first-order valence-corrected chi connectivity index (χ1v) is 24.6. The summed E-state index contributed by atoms with van der Waals surface area (Å²) in [5, 5.41) is 42.5. The number of aliphatic carboxylic acids is 2. The number of aryl methyl sites for hydroxylation is 1. The highest BCUT2D eigenvalue weighted by molar-refractivity contribution is 8.03. The molecule has 4 heterocycles. The van der Waals surface area contributed by atoms with Crippen molar-refractivity contribution in [2.45, 2.75) is 48.2 Å². The van der Waals surface area contributed by atoms with Crippen molar-refractivity contribution in [3.8, 4) is 11.5 Å². The second kappa shape index (κ2) is 21.3. The lowest BCUT2D eigenvalue weighted by Gasteiger charge is -2.49. The number of nitrogens with zero attached hydrogens (tertiary/aromatic N) is 5. The van der Waals surface area contributed by atoms with E-state index in [-0.39, 0.29) is 34.2 Å². The number of rotatable bonds is 18. The van der Waals surface area contributed by atoms with Crippen molar-refractivity contribution < 1.29 is 53.3 Å². The number of hydrogen-bond donors (Lipinski definition) is 4. The maximum absolute atomic E-state index is 14.6. The summed E-state index contributed by atoms with van der Waals surface area (Å²) in [5.41, 5.74) is 0.910. The normalized spacial score (nSPS) is 16.2. The molecule has 0 unspecified atom stereocenters. The van der Waals surface area contributed by atoms with Gasteiger partial charge in [0.1, 0.15) is 33.4 Å². The minimum absolute atomic E-state index is 0.0790. The Labute approximate surface area is 415 Å². The highest BCUT2D eigenvalue weighted by Gasteiger charge is 2.54. The van der Waals surface area contributed by atoms with Gasteiger partial charge >= 0.3 is 23.9 Å². The van der Waals surface area contributed by atoms with Crippen LogP contribution in [-0.4, -0.2) is 88.9 Å². The van der Waals surface area contributed by atoms with Gasteiger partial charge in [0.05, 0.1) is 0 Å². The fourth-order valence-electron chi connectivity index (χ4n) is 7.58. The lowest BCUT2D eigenvalue weighted by molar-refractivity contribution is -0.151. The van der Waals surface area contributed by atoms with Crippen LogP contribution in [0.4, 0.5) is 5.13 Å². The Hall–Kier alpha value is -7.66. The molecular weight excluding hydrogens is 979 g/mol. The summed E-state index contributed by atoms with van der Waals surface area (Å²) in [6, 6.07) is 31.3. The number of esters is 2. The molecule has 0 spiro atoms. The molecular formula is C48H39N7O11S4. The van der Waals surface area contributed by atoms with Gasteiger partial charge in [-0.05, 0) is 52.8 Å². The molecule has 2 aliphatic rings. The quantitative estimate of drug-likeness (QED) is 0.0127. The molecule has 0 saturated carbocycles. The maximum Gasteiger partial charge on any atom is 0.352 e. The number of hydrogen-bond acceptors (Lipinski definition) is 18. The predicted molar refractivity (Wildman–Crippen MR) is 261 cm³/mol. The minimum Gasteiger partial charge on any atom is -0.478 e. The van der Waals surface area contributed by atoms with Gasteiger partial charge in [0.25, 0.3) is 11.8 Å². The van der Waals surface area contributed by atoms with Crippen molar-refractivity contribution in [2.75, 3.05) is 11.1 Å². The van der Waals surface area contributed by atoms with Gasteiger partial charge in [-0.2, -0.15) is 0 Å². The van der Waals surface area contributed by atoms with E-state index >= 15 is 0 Å². The number of thiazole rings is 1. The number of nitrogens with one attached hydrogen (secondary N) is 2. The third kappa shape index (κ3) is 10.5. The number of carboxylic acids is 2. The lowest BCUT2D eigenvalue weighted by Crippen LogP contribution is -2.71. The van der Waals surface area contributed by atoms with Gasteiger partial charge in [0.15, 0.2) is 26.7 Å². The Balaban J connectivity index is 1.15. The number of allylic oxidation sites excluding steroid dienone is 1. The van der Waals surface area contributed by atoms with Gasteiger partial charge in [0, 0.05) is 30.5 Å². The zero-order chi connectivity index (χ0) is 49.5. The summed E-state index contributed by atoms with van der Waals surface area (Å²) in [7, 11) is 0. The van der Waals surface area contributed by atoms with Crippen LogP contribution >= 0.6 is 46.2 Å². The second-order valence-electron chi connectivity index (χ2n) is 15.2. The summed E-state index contributed by atoms with van der Waals surface area (Å²) in [4.78, 5) is 89.2. The summed E-state index contributed by atoms with van der Waals surface area (Å²) in [6.45, 7) is 4.04.